The zero-order chi connectivity index (χ0) is 46.8. The van der Waals surface area contributed by atoms with Crippen LogP contribution in [0, 0.1) is 16.7 Å². The minimum absolute atomic E-state index is 0.241. The van der Waals surface area contributed by atoms with E-state index in [4.69, 9.17) is 37.9 Å². The molecule has 3 fully saturated rings. The number of fused-ring (bicyclic) bond motifs is 5. The molecule has 8 rings (SSSR count). The third-order valence-electron chi connectivity index (χ3n) is 14.3. The largest absolute Gasteiger partial charge is 0.497 e. The summed E-state index contributed by atoms with van der Waals surface area (Å²) in [4.78, 5) is 60.7. The number of amides is 1. The van der Waals surface area contributed by atoms with Gasteiger partial charge in [0.2, 0.25) is 0 Å². The van der Waals surface area contributed by atoms with Crippen LogP contribution in [0.5, 0.6) is 5.75 Å². The summed E-state index contributed by atoms with van der Waals surface area (Å²) < 4.78 is 49.3. The minimum Gasteiger partial charge on any atom is -0.497 e. The van der Waals surface area contributed by atoms with Crippen molar-refractivity contribution >= 4 is 23.8 Å². The highest BCUT2D eigenvalue weighted by molar-refractivity contribution is 5.94. The molecule has 3 aromatic rings. The van der Waals surface area contributed by atoms with Gasteiger partial charge >= 0.3 is 18.0 Å². The molecule has 65 heavy (non-hydrogen) atoms. The number of nitrogens with zero attached hydrogens (tertiary/aromatic N) is 1. The fraction of sp³-hybridized carbons (Fsp3) is 0.490. The lowest BCUT2D eigenvalue weighted by atomic mass is 9.47. The van der Waals surface area contributed by atoms with Crippen LogP contribution in [-0.4, -0.2) is 103 Å². The Morgan fingerprint density at radius 2 is 1.49 bits per heavy atom. The van der Waals surface area contributed by atoms with Crippen LogP contribution in [0.3, 0.4) is 0 Å². The molecule has 14 heteroatoms. The Balaban J connectivity index is 1.26. The summed E-state index contributed by atoms with van der Waals surface area (Å²) in [5.74, 6) is -2.28. The van der Waals surface area contributed by atoms with Crippen LogP contribution in [0.15, 0.2) is 108 Å². The number of rotatable bonds is 9. The van der Waals surface area contributed by atoms with E-state index in [0.717, 1.165) is 0 Å². The van der Waals surface area contributed by atoms with Crippen LogP contribution in [0.4, 0.5) is 4.79 Å². The molecule has 5 aliphatic rings. The van der Waals surface area contributed by atoms with Gasteiger partial charge in [-0.05, 0) is 75.6 Å². The molecule has 2 aliphatic heterocycles. The topological polar surface area (TPSA) is 166 Å². The van der Waals surface area contributed by atoms with Crippen LogP contribution < -0.4 is 4.74 Å². The van der Waals surface area contributed by atoms with Gasteiger partial charge in [0, 0.05) is 49.5 Å². The number of ether oxygens (including phenoxy) is 8. The zero-order valence-corrected chi connectivity index (χ0v) is 38.6. The molecule has 14 nitrogen and oxygen atoms in total. The van der Waals surface area contributed by atoms with Crippen LogP contribution in [0.25, 0.3) is 0 Å². The lowest BCUT2D eigenvalue weighted by molar-refractivity contribution is -0.224. The summed E-state index contributed by atoms with van der Waals surface area (Å²) >= 11 is 0. The molecule has 1 amide bonds. The molecule has 0 aromatic heterocycles. The molecule has 346 valence electrons. The highest BCUT2D eigenvalue weighted by atomic mass is 16.6. The number of carbonyl (C=O) groups excluding carboxylic acids is 4. The standard InChI is InChI=1S/C51H59NO13/c1-28-35(62-46(55)41-39(29-17-13-11-14-18-29)52(47(56)65-48(2,3)4)44(63-41)30-21-23-32(58-8)24-22-30)26-51(57)43(64-45(54)31-19-15-12-16-20-31)38-33-27-61-34(33)25-36(59-9)50(38,7)42(53)40(60-10)37(28)49(51,5)6/h11-24,27,34-36,38-41,43-44,57H,25-26H2,1-10H3/t34-,35+,36+,38+,39+,40-,41-,43+,44-,50-,51-/m1/s1. The third kappa shape index (κ3) is 7.61. The number of ketones is 1. The van der Waals surface area contributed by atoms with E-state index in [9.17, 15) is 14.7 Å². The molecule has 2 bridgehead atoms. The maximum atomic E-state index is 15.5. The Kier molecular flexibility index (Phi) is 12.1. The fourth-order valence-corrected chi connectivity index (χ4v) is 10.9. The van der Waals surface area contributed by atoms with Gasteiger partial charge in [-0.2, -0.15) is 0 Å². The summed E-state index contributed by atoms with van der Waals surface area (Å²) in [6.07, 6.45) is -6.65. The van der Waals surface area contributed by atoms with Crippen molar-refractivity contribution in [1.82, 2.24) is 4.90 Å². The van der Waals surface area contributed by atoms with Gasteiger partial charge < -0.3 is 43.0 Å². The molecular weight excluding hydrogens is 835 g/mol. The monoisotopic (exact) mass is 893 g/mol. The van der Waals surface area contributed by atoms with Gasteiger partial charge in [0.15, 0.2) is 18.1 Å². The summed E-state index contributed by atoms with van der Waals surface area (Å²) in [6.45, 7) is 12.4. The number of carbonyl (C=O) groups is 4. The van der Waals surface area contributed by atoms with E-state index in [1.807, 2.05) is 6.07 Å². The number of Topliss-reactive ketones (excluding diaryl/α,β-unsaturated/α-hetero) is 1. The molecule has 2 saturated carbocycles. The van der Waals surface area contributed by atoms with Crippen LogP contribution >= 0.6 is 0 Å². The Morgan fingerprint density at radius 1 is 0.846 bits per heavy atom. The first-order valence-corrected chi connectivity index (χ1v) is 22.0. The summed E-state index contributed by atoms with van der Waals surface area (Å²) in [5.41, 5.74) is -2.75. The Hall–Kier alpha value is -5.54. The lowest BCUT2D eigenvalue weighted by Crippen LogP contribution is -2.72. The van der Waals surface area contributed by atoms with E-state index in [2.05, 4.69) is 0 Å². The van der Waals surface area contributed by atoms with Gasteiger partial charge in [0.25, 0.3) is 0 Å². The highest BCUT2D eigenvalue weighted by Crippen LogP contribution is 2.63. The fourth-order valence-electron chi connectivity index (χ4n) is 10.9. The smallest absolute Gasteiger partial charge is 0.413 e. The van der Waals surface area contributed by atoms with Gasteiger partial charge in [-0.3, -0.25) is 9.69 Å². The van der Waals surface area contributed by atoms with E-state index in [1.165, 1.54) is 19.1 Å². The highest BCUT2D eigenvalue weighted by Gasteiger charge is 2.72. The number of aliphatic hydroxyl groups is 1. The molecule has 3 aliphatic carbocycles. The molecule has 0 spiro atoms. The maximum Gasteiger partial charge on any atom is 0.413 e. The molecule has 3 aromatic carbocycles. The first-order chi connectivity index (χ1) is 30.8. The lowest BCUT2D eigenvalue weighted by Gasteiger charge is -2.62. The second-order valence-corrected chi connectivity index (χ2v) is 19.3. The number of benzene rings is 3. The average molecular weight is 894 g/mol. The average Bonchev–Trinajstić information content (AvgIpc) is 3.68. The van der Waals surface area contributed by atoms with Crippen molar-refractivity contribution in [1.29, 1.82) is 0 Å². The Labute approximate surface area is 379 Å². The predicted octanol–water partition coefficient (Wildman–Crippen LogP) is 7.61. The quantitative estimate of drug-likeness (QED) is 0.127. The van der Waals surface area contributed by atoms with Crippen molar-refractivity contribution in [2.45, 2.75) is 121 Å². The van der Waals surface area contributed by atoms with Crippen molar-refractivity contribution in [3.05, 3.63) is 125 Å². The van der Waals surface area contributed by atoms with Crippen molar-refractivity contribution in [3.63, 3.8) is 0 Å². The van der Waals surface area contributed by atoms with Gasteiger partial charge in [-0.25, -0.2) is 14.4 Å². The minimum atomic E-state index is -2.03. The molecule has 1 N–H and O–H groups in total. The number of hydrogen-bond acceptors (Lipinski definition) is 13. The van der Waals surface area contributed by atoms with Gasteiger partial charge in [0.05, 0.1) is 30.5 Å². The van der Waals surface area contributed by atoms with Crippen molar-refractivity contribution < 1.29 is 62.2 Å². The molecular formula is C51H59NO13. The van der Waals surface area contributed by atoms with E-state index >= 15 is 9.59 Å². The van der Waals surface area contributed by atoms with Gasteiger partial charge in [-0.15, -0.1) is 0 Å². The van der Waals surface area contributed by atoms with E-state index in [-0.39, 0.29) is 17.8 Å². The van der Waals surface area contributed by atoms with Crippen molar-refractivity contribution in [2.75, 3.05) is 21.3 Å². The first kappa shape index (κ1) is 46.0. The maximum absolute atomic E-state index is 15.5. The third-order valence-corrected chi connectivity index (χ3v) is 14.3. The van der Waals surface area contributed by atoms with Crippen molar-refractivity contribution in [2.24, 2.45) is 16.7 Å². The molecule has 2 heterocycles. The van der Waals surface area contributed by atoms with Crippen LogP contribution in [0.1, 0.15) is 95.1 Å². The number of esters is 2. The number of methoxy groups -OCH3 is 3. The second-order valence-electron chi connectivity index (χ2n) is 19.3. The molecule has 0 radical (unpaired) electrons. The first-order valence-electron chi connectivity index (χ1n) is 22.0. The zero-order valence-electron chi connectivity index (χ0n) is 38.6. The van der Waals surface area contributed by atoms with Gasteiger partial charge in [-0.1, -0.05) is 74.5 Å². The predicted molar refractivity (Wildman–Crippen MR) is 235 cm³/mol. The molecule has 0 unspecified atom stereocenters. The summed E-state index contributed by atoms with van der Waals surface area (Å²) in [6, 6.07) is 23.3. The summed E-state index contributed by atoms with van der Waals surface area (Å²) in [5, 5.41) is 13.8. The molecule has 1 saturated heterocycles. The van der Waals surface area contributed by atoms with Crippen LogP contribution in [-0.2, 0) is 42.7 Å². The normalized spacial score (nSPS) is 32.6. The second kappa shape index (κ2) is 17.0. The SMILES string of the molecule is COc1ccc([C@H]2O[C@@H](C(=O)O[C@H]3C[C@@]4(O)[C@@H](OC(=O)c5ccccc5)[C@@H]5C6=CO[C@@H]6C[C@H](OC)[C@@]5(C)C(=O)[C@H](OC)C(=C3C)C4(C)C)[C@H](c3ccccc3)N2C(=O)OC(C)(C)C)cc1. The van der Waals surface area contributed by atoms with E-state index < -0.39 is 94.9 Å². The van der Waals surface area contributed by atoms with E-state index in [1.54, 1.807) is 141 Å². The van der Waals surface area contributed by atoms with Crippen LogP contribution in [0.2, 0.25) is 0 Å². The Morgan fingerprint density at radius 3 is 2.06 bits per heavy atom. The molecule has 11 atom stereocenters. The van der Waals surface area contributed by atoms with Gasteiger partial charge in [0.1, 0.15) is 47.4 Å². The summed E-state index contributed by atoms with van der Waals surface area (Å²) in [7, 11) is 4.50. The van der Waals surface area contributed by atoms with E-state index in [0.29, 0.717) is 40.0 Å². The number of hydrogen-bond donors (Lipinski definition) is 1. The Bertz CT molecular complexity index is 2370. The van der Waals surface area contributed by atoms with Crippen molar-refractivity contribution in [3.8, 4) is 5.75 Å².